The fourth-order valence-electron chi connectivity index (χ4n) is 2.16. The van der Waals surface area contributed by atoms with Crippen molar-refractivity contribution in [2.45, 2.75) is 38.3 Å². The highest BCUT2D eigenvalue weighted by molar-refractivity contribution is 5.70. The zero-order valence-corrected chi connectivity index (χ0v) is 8.67. The zero-order valence-electron chi connectivity index (χ0n) is 8.67. The van der Waals surface area contributed by atoms with Gasteiger partial charge in [0.2, 0.25) is 0 Å². The summed E-state index contributed by atoms with van der Waals surface area (Å²) in [6.07, 6.45) is 8.08. The van der Waals surface area contributed by atoms with Gasteiger partial charge in [0.15, 0.2) is 6.29 Å². The molecule has 1 saturated carbocycles. The minimum atomic E-state index is -0.102. The fourth-order valence-corrected chi connectivity index (χ4v) is 2.16. The minimum absolute atomic E-state index is 0.102. The first-order chi connectivity index (χ1) is 7.28. The number of imidazole rings is 1. The highest BCUT2D eigenvalue weighted by atomic mass is 16.3. The Balaban J connectivity index is 1.88. The van der Waals surface area contributed by atoms with Gasteiger partial charge in [-0.05, 0) is 31.6 Å². The standard InChI is InChI=1S/C11H16N2O2/c14-7-10-6-13(8-12-10)5-9-1-3-11(15)4-2-9/h6-9,11,15H,1-5H2. The molecular formula is C11H16N2O2. The molecule has 1 fully saturated rings. The Kier molecular flexibility index (Phi) is 3.16. The van der Waals surface area contributed by atoms with Gasteiger partial charge in [0.05, 0.1) is 12.4 Å². The lowest BCUT2D eigenvalue weighted by molar-refractivity contribution is 0.104. The number of carbonyl (C=O) groups excluding carboxylic acids is 1. The van der Waals surface area contributed by atoms with Gasteiger partial charge in [-0.3, -0.25) is 4.79 Å². The summed E-state index contributed by atoms with van der Waals surface area (Å²) in [6.45, 7) is 0.910. The molecule has 0 spiro atoms. The Bertz CT molecular complexity index is 327. The molecule has 4 heteroatoms. The topological polar surface area (TPSA) is 55.1 Å². The molecule has 0 unspecified atom stereocenters. The Morgan fingerprint density at radius 3 is 2.80 bits per heavy atom. The van der Waals surface area contributed by atoms with Crippen molar-refractivity contribution in [1.29, 1.82) is 0 Å². The predicted octanol–water partition coefficient (Wildman–Crippen LogP) is 1.25. The Hall–Kier alpha value is -1.16. The molecule has 1 N–H and O–H groups in total. The lowest BCUT2D eigenvalue weighted by Gasteiger charge is -2.25. The monoisotopic (exact) mass is 208 g/mol. The maximum atomic E-state index is 10.4. The number of nitrogens with zero attached hydrogens (tertiary/aromatic N) is 2. The SMILES string of the molecule is O=Cc1cn(CC2CCC(O)CC2)cn1. The maximum absolute atomic E-state index is 10.4. The molecule has 1 aliphatic rings. The number of rotatable bonds is 3. The van der Waals surface area contributed by atoms with Crippen molar-refractivity contribution >= 4 is 6.29 Å². The molecule has 0 aliphatic heterocycles. The minimum Gasteiger partial charge on any atom is -0.393 e. The van der Waals surface area contributed by atoms with Crippen LogP contribution in [0.1, 0.15) is 36.2 Å². The van der Waals surface area contributed by atoms with Gasteiger partial charge in [0.1, 0.15) is 5.69 Å². The van der Waals surface area contributed by atoms with Crippen molar-refractivity contribution in [2.75, 3.05) is 0 Å². The second-order valence-electron chi connectivity index (χ2n) is 4.29. The normalized spacial score (nSPS) is 26.5. The van der Waals surface area contributed by atoms with E-state index in [0.717, 1.165) is 38.5 Å². The van der Waals surface area contributed by atoms with Crippen LogP contribution < -0.4 is 0 Å². The highest BCUT2D eigenvalue weighted by Gasteiger charge is 2.19. The molecule has 82 valence electrons. The molecular weight excluding hydrogens is 192 g/mol. The van der Waals surface area contributed by atoms with Gasteiger partial charge >= 0.3 is 0 Å². The molecule has 1 heterocycles. The number of aliphatic hydroxyl groups excluding tert-OH is 1. The van der Waals surface area contributed by atoms with Crippen molar-refractivity contribution in [1.82, 2.24) is 9.55 Å². The molecule has 15 heavy (non-hydrogen) atoms. The van der Waals surface area contributed by atoms with Gasteiger partial charge in [-0.15, -0.1) is 0 Å². The number of aliphatic hydroxyl groups is 1. The first kappa shape index (κ1) is 10.4. The summed E-state index contributed by atoms with van der Waals surface area (Å²) >= 11 is 0. The molecule has 0 radical (unpaired) electrons. The summed E-state index contributed by atoms with van der Waals surface area (Å²) in [5.74, 6) is 0.613. The van der Waals surface area contributed by atoms with Crippen LogP contribution in [0.4, 0.5) is 0 Å². The molecule has 1 aliphatic carbocycles. The molecule has 4 nitrogen and oxygen atoms in total. The molecule has 2 rings (SSSR count). The zero-order chi connectivity index (χ0) is 10.7. The van der Waals surface area contributed by atoms with E-state index in [1.165, 1.54) is 0 Å². The fraction of sp³-hybridized carbons (Fsp3) is 0.636. The van der Waals surface area contributed by atoms with Gasteiger partial charge in [-0.1, -0.05) is 0 Å². The van der Waals surface area contributed by atoms with Crippen LogP contribution >= 0.6 is 0 Å². The number of hydrogen-bond acceptors (Lipinski definition) is 3. The average molecular weight is 208 g/mol. The molecule has 0 atom stereocenters. The van der Waals surface area contributed by atoms with E-state index < -0.39 is 0 Å². The summed E-state index contributed by atoms with van der Waals surface area (Å²) in [5.41, 5.74) is 0.492. The summed E-state index contributed by atoms with van der Waals surface area (Å²) in [5, 5.41) is 9.37. The van der Waals surface area contributed by atoms with Gasteiger partial charge in [0, 0.05) is 12.7 Å². The van der Waals surface area contributed by atoms with E-state index in [4.69, 9.17) is 0 Å². The van der Waals surface area contributed by atoms with Gasteiger partial charge in [-0.2, -0.15) is 0 Å². The van der Waals surface area contributed by atoms with Crippen LogP contribution in [-0.2, 0) is 6.54 Å². The number of carbonyl (C=O) groups is 1. The van der Waals surface area contributed by atoms with Crippen LogP contribution in [0.2, 0.25) is 0 Å². The number of aldehydes is 1. The van der Waals surface area contributed by atoms with Crippen molar-refractivity contribution < 1.29 is 9.90 Å². The Labute approximate surface area is 88.9 Å². The van der Waals surface area contributed by atoms with Crippen molar-refractivity contribution in [3.8, 4) is 0 Å². The van der Waals surface area contributed by atoms with Gasteiger partial charge in [0.25, 0.3) is 0 Å². The summed E-state index contributed by atoms with van der Waals surface area (Å²) < 4.78 is 1.96. The lowest BCUT2D eigenvalue weighted by Crippen LogP contribution is -2.21. The van der Waals surface area contributed by atoms with Crippen molar-refractivity contribution in [3.63, 3.8) is 0 Å². The molecule has 0 aromatic carbocycles. The van der Waals surface area contributed by atoms with E-state index in [-0.39, 0.29) is 6.10 Å². The van der Waals surface area contributed by atoms with Crippen LogP contribution in [0.15, 0.2) is 12.5 Å². The van der Waals surface area contributed by atoms with Gasteiger partial charge < -0.3 is 9.67 Å². The summed E-state index contributed by atoms with van der Waals surface area (Å²) in [4.78, 5) is 14.4. The van der Waals surface area contributed by atoms with Crippen molar-refractivity contribution in [3.05, 3.63) is 18.2 Å². The summed E-state index contributed by atoms with van der Waals surface area (Å²) in [6, 6.07) is 0. The molecule has 0 amide bonds. The van der Waals surface area contributed by atoms with Gasteiger partial charge in [-0.25, -0.2) is 4.98 Å². The predicted molar refractivity (Wildman–Crippen MR) is 55.6 cm³/mol. The summed E-state index contributed by atoms with van der Waals surface area (Å²) in [7, 11) is 0. The first-order valence-electron chi connectivity index (χ1n) is 5.43. The second kappa shape index (κ2) is 4.57. The quantitative estimate of drug-likeness (QED) is 0.760. The Morgan fingerprint density at radius 2 is 2.20 bits per heavy atom. The van der Waals surface area contributed by atoms with E-state index in [2.05, 4.69) is 4.98 Å². The first-order valence-corrected chi connectivity index (χ1v) is 5.43. The third kappa shape index (κ3) is 2.65. The van der Waals surface area contributed by atoms with Crippen LogP contribution in [0.25, 0.3) is 0 Å². The molecule has 1 aromatic heterocycles. The third-order valence-electron chi connectivity index (χ3n) is 3.06. The van der Waals surface area contributed by atoms with Crippen LogP contribution in [0, 0.1) is 5.92 Å². The largest absolute Gasteiger partial charge is 0.393 e. The molecule has 0 bridgehead atoms. The van der Waals surface area contributed by atoms with E-state index in [1.54, 1.807) is 12.5 Å². The van der Waals surface area contributed by atoms with E-state index in [9.17, 15) is 9.90 Å². The lowest BCUT2D eigenvalue weighted by atomic mass is 9.87. The van der Waals surface area contributed by atoms with Crippen molar-refractivity contribution in [2.24, 2.45) is 5.92 Å². The van der Waals surface area contributed by atoms with Crippen LogP contribution in [0.5, 0.6) is 0 Å². The maximum Gasteiger partial charge on any atom is 0.169 e. The third-order valence-corrected chi connectivity index (χ3v) is 3.06. The van der Waals surface area contributed by atoms with Crippen LogP contribution in [-0.4, -0.2) is 27.0 Å². The Morgan fingerprint density at radius 1 is 1.47 bits per heavy atom. The smallest absolute Gasteiger partial charge is 0.169 e. The average Bonchev–Trinajstić information content (AvgIpc) is 2.69. The number of hydrogen-bond donors (Lipinski definition) is 1. The van der Waals surface area contributed by atoms with Crippen LogP contribution in [0.3, 0.4) is 0 Å². The molecule has 0 saturated heterocycles. The van der Waals surface area contributed by atoms with E-state index >= 15 is 0 Å². The highest BCUT2D eigenvalue weighted by Crippen LogP contribution is 2.25. The van der Waals surface area contributed by atoms with E-state index in [1.807, 2.05) is 4.57 Å². The second-order valence-corrected chi connectivity index (χ2v) is 4.29. The number of aromatic nitrogens is 2. The van der Waals surface area contributed by atoms with E-state index in [0.29, 0.717) is 11.6 Å². The molecule has 1 aromatic rings.